The average molecular weight is 298 g/mol. The van der Waals surface area contributed by atoms with Crippen molar-refractivity contribution in [2.75, 3.05) is 30.0 Å². The summed E-state index contributed by atoms with van der Waals surface area (Å²) in [6.07, 6.45) is 4.69. The molecule has 1 heterocycles. The predicted octanol–water partition coefficient (Wildman–Crippen LogP) is 2.98. The number of nitrogens with one attached hydrogen (secondary N) is 2. The summed E-state index contributed by atoms with van der Waals surface area (Å²) in [4.78, 5) is 8.91. The lowest BCUT2D eigenvalue weighted by Gasteiger charge is -2.31. The first kappa shape index (κ1) is 17.0. The Morgan fingerprint density at radius 1 is 1.20 bits per heavy atom. The molecule has 20 heavy (non-hydrogen) atoms. The number of thioether (sulfide) groups is 1. The number of hydrogen-bond donors (Lipinski definition) is 3. The minimum atomic E-state index is -0.313. The molecule has 0 aliphatic heterocycles. The molecule has 0 spiro atoms. The fraction of sp³-hybridized carbons (Fsp3) is 0.714. The molecule has 0 radical (unpaired) electrons. The quantitative estimate of drug-likeness (QED) is 0.481. The van der Waals surface area contributed by atoms with Gasteiger partial charge in [0.25, 0.3) is 0 Å². The Hall–Kier alpha value is -1.01. The largest absolute Gasteiger partial charge is 0.394 e. The van der Waals surface area contributed by atoms with Crippen molar-refractivity contribution in [1.82, 2.24) is 9.97 Å². The summed E-state index contributed by atoms with van der Waals surface area (Å²) in [7, 11) is 0. The highest BCUT2D eigenvalue weighted by molar-refractivity contribution is 7.98. The van der Waals surface area contributed by atoms with Gasteiger partial charge in [-0.2, -0.15) is 0 Å². The van der Waals surface area contributed by atoms with Crippen LogP contribution in [-0.4, -0.2) is 40.0 Å². The third kappa shape index (κ3) is 4.52. The van der Waals surface area contributed by atoms with Crippen LogP contribution in [0, 0.1) is 0 Å². The maximum Gasteiger partial charge on any atom is 0.191 e. The second kappa shape index (κ2) is 8.32. The number of anilines is 2. The van der Waals surface area contributed by atoms with Crippen LogP contribution in [0.3, 0.4) is 0 Å². The molecule has 5 nitrogen and oxygen atoms in total. The number of aliphatic hydroxyl groups is 1. The zero-order valence-corrected chi connectivity index (χ0v) is 13.7. The number of aliphatic hydroxyl groups excluding tert-OH is 1. The second-order valence-electron chi connectivity index (χ2n) is 4.82. The van der Waals surface area contributed by atoms with Gasteiger partial charge in [0.15, 0.2) is 5.16 Å². The molecule has 114 valence electrons. The van der Waals surface area contributed by atoms with Gasteiger partial charge in [0, 0.05) is 12.6 Å². The van der Waals surface area contributed by atoms with E-state index in [0.717, 1.165) is 42.6 Å². The van der Waals surface area contributed by atoms with Crippen LogP contribution in [0.1, 0.15) is 40.0 Å². The molecule has 6 heteroatoms. The van der Waals surface area contributed by atoms with Crippen molar-refractivity contribution in [2.24, 2.45) is 0 Å². The van der Waals surface area contributed by atoms with Gasteiger partial charge >= 0.3 is 0 Å². The maximum absolute atomic E-state index is 9.65. The molecule has 0 unspecified atom stereocenters. The summed E-state index contributed by atoms with van der Waals surface area (Å²) in [5.41, 5.74) is -0.313. The second-order valence-corrected chi connectivity index (χ2v) is 5.60. The van der Waals surface area contributed by atoms with Gasteiger partial charge in [0.1, 0.15) is 11.6 Å². The predicted molar refractivity (Wildman–Crippen MR) is 86.6 cm³/mol. The van der Waals surface area contributed by atoms with Crippen molar-refractivity contribution in [2.45, 2.75) is 50.7 Å². The zero-order valence-electron chi connectivity index (χ0n) is 12.9. The first-order valence-corrected chi connectivity index (χ1v) is 8.41. The maximum atomic E-state index is 9.65. The molecule has 1 rings (SSSR count). The van der Waals surface area contributed by atoms with Crippen molar-refractivity contribution in [3.8, 4) is 0 Å². The van der Waals surface area contributed by atoms with E-state index in [4.69, 9.17) is 0 Å². The van der Waals surface area contributed by atoms with Crippen LogP contribution in [0.25, 0.3) is 0 Å². The standard InChI is InChI=1S/C14H26N4OS/c1-5-8-15-11-9-12(17-13(16-11)20-4)18-14(6-2,7-3)10-19/h9,19H,5-8,10H2,1-4H3,(H2,15,16,17,18). The van der Waals surface area contributed by atoms with Gasteiger partial charge < -0.3 is 15.7 Å². The summed E-state index contributed by atoms with van der Waals surface area (Å²) in [5, 5.41) is 17.0. The molecule has 0 aliphatic carbocycles. The first-order valence-electron chi connectivity index (χ1n) is 7.19. The van der Waals surface area contributed by atoms with Crippen LogP contribution in [-0.2, 0) is 0 Å². The lowest BCUT2D eigenvalue weighted by Crippen LogP contribution is -2.41. The molecule has 0 aromatic carbocycles. The van der Waals surface area contributed by atoms with Crippen molar-refractivity contribution < 1.29 is 5.11 Å². The molecule has 0 saturated heterocycles. The molecule has 0 amide bonds. The smallest absolute Gasteiger partial charge is 0.191 e. The van der Waals surface area contributed by atoms with Gasteiger partial charge in [-0.3, -0.25) is 0 Å². The number of rotatable bonds is 9. The van der Waals surface area contributed by atoms with Gasteiger partial charge in [0.2, 0.25) is 0 Å². The molecule has 0 aliphatic rings. The van der Waals surface area contributed by atoms with Crippen molar-refractivity contribution >= 4 is 23.4 Å². The highest BCUT2D eigenvalue weighted by Crippen LogP contribution is 2.24. The zero-order chi connectivity index (χ0) is 15.0. The molecule has 0 saturated carbocycles. The summed E-state index contributed by atoms with van der Waals surface area (Å²) in [6, 6.07) is 1.91. The van der Waals surface area contributed by atoms with E-state index in [1.54, 1.807) is 0 Å². The topological polar surface area (TPSA) is 70.1 Å². The van der Waals surface area contributed by atoms with E-state index in [-0.39, 0.29) is 12.1 Å². The van der Waals surface area contributed by atoms with Gasteiger partial charge in [-0.15, -0.1) is 0 Å². The highest BCUT2D eigenvalue weighted by Gasteiger charge is 2.25. The van der Waals surface area contributed by atoms with Gasteiger partial charge in [0.05, 0.1) is 12.1 Å². The Kier molecular flexibility index (Phi) is 7.09. The molecule has 0 fully saturated rings. The van der Waals surface area contributed by atoms with Crippen molar-refractivity contribution in [3.63, 3.8) is 0 Å². The van der Waals surface area contributed by atoms with Crippen LogP contribution in [0.15, 0.2) is 11.2 Å². The molecule has 3 N–H and O–H groups in total. The summed E-state index contributed by atoms with van der Waals surface area (Å²) in [5.74, 6) is 1.59. The lowest BCUT2D eigenvalue weighted by atomic mass is 9.94. The number of aromatic nitrogens is 2. The van der Waals surface area contributed by atoms with Gasteiger partial charge in [-0.25, -0.2) is 9.97 Å². The summed E-state index contributed by atoms with van der Waals surface area (Å²) in [6.45, 7) is 7.24. The molecule has 0 bridgehead atoms. The third-order valence-electron chi connectivity index (χ3n) is 3.49. The Balaban J connectivity index is 2.98. The summed E-state index contributed by atoms with van der Waals surface area (Å²) < 4.78 is 0. The van der Waals surface area contributed by atoms with Crippen LogP contribution >= 0.6 is 11.8 Å². The Bertz CT molecular complexity index is 402. The van der Waals surface area contributed by atoms with E-state index in [1.165, 1.54) is 11.8 Å². The van der Waals surface area contributed by atoms with Crippen LogP contribution < -0.4 is 10.6 Å². The Morgan fingerprint density at radius 3 is 2.35 bits per heavy atom. The van der Waals surface area contributed by atoms with E-state index >= 15 is 0 Å². The van der Waals surface area contributed by atoms with Crippen molar-refractivity contribution in [3.05, 3.63) is 6.07 Å². The van der Waals surface area contributed by atoms with E-state index in [0.29, 0.717) is 0 Å². The van der Waals surface area contributed by atoms with Crippen LogP contribution in [0.2, 0.25) is 0 Å². The SMILES string of the molecule is CCCNc1cc(NC(CC)(CC)CO)nc(SC)n1. The number of hydrogen-bond acceptors (Lipinski definition) is 6. The molecule has 1 aromatic rings. The number of nitrogens with zero attached hydrogens (tertiary/aromatic N) is 2. The van der Waals surface area contributed by atoms with Crippen LogP contribution in [0.5, 0.6) is 0 Å². The Morgan fingerprint density at radius 2 is 1.85 bits per heavy atom. The third-order valence-corrected chi connectivity index (χ3v) is 4.04. The average Bonchev–Trinajstić information content (AvgIpc) is 2.50. The molecular weight excluding hydrogens is 272 g/mol. The fourth-order valence-corrected chi connectivity index (χ4v) is 2.26. The highest BCUT2D eigenvalue weighted by atomic mass is 32.2. The minimum Gasteiger partial charge on any atom is -0.394 e. The lowest BCUT2D eigenvalue weighted by molar-refractivity contribution is 0.202. The van der Waals surface area contributed by atoms with E-state index < -0.39 is 0 Å². The van der Waals surface area contributed by atoms with E-state index in [1.807, 2.05) is 12.3 Å². The van der Waals surface area contributed by atoms with E-state index in [9.17, 15) is 5.11 Å². The molecule has 1 aromatic heterocycles. The van der Waals surface area contributed by atoms with Crippen molar-refractivity contribution in [1.29, 1.82) is 0 Å². The fourth-order valence-electron chi connectivity index (χ4n) is 1.89. The minimum absolute atomic E-state index is 0.0936. The van der Waals surface area contributed by atoms with Gasteiger partial charge in [-0.1, -0.05) is 32.5 Å². The first-order chi connectivity index (χ1) is 9.62. The molecule has 0 atom stereocenters. The van der Waals surface area contributed by atoms with Gasteiger partial charge in [-0.05, 0) is 25.5 Å². The normalized spacial score (nSPS) is 11.4. The monoisotopic (exact) mass is 298 g/mol. The Labute approximate surface area is 126 Å². The summed E-state index contributed by atoms with van der Waals surface area (Å²) >= 11 is 1.51. The van der Waals surface area contributed by atoms with Crippen LogP contribution in [0.4, 0.5) is 11.6 Å². The molecular formula is C14H26N4OS. The van der Waals surface area contributed by atoms with E-state index in [2.05, 4.69) is 41.4 Å².